The Kier molecular flexibility index (Phi) is 6.67. The number of nitrogens with one attached hydrogen (secondary N) is 1. The van der Waals surface area contributed by atoms with Crippen LogP contribution in [0.3, 0.4) is 0 Å². The first-order valence-corrected chi connectivity index (χ1v) is 9.18. The topological polar surface area (TPSA) is 71.0 Å². The molecule has 2 fully saturated rings. The van der Waals surface area contributed by atoms with Crippen molar-refractivity contribution in [2.75, 3.05) is 32.9 Å². The van der Waals surface area contributed by atoms with Crippen molar-refractivity contribution in [1.29, 1.82) is 0 Å². The summed E-state index contributed by atoms with van der Waals surface area (Å²) in [6.45, 7) is 4.15. The summed E-state index contributed by atoms with van der Waals surface area (Å²) in [4.78, 5) is 14.3. The van der Waals surface area contributed by atoms with E-state index in [9.17, 15) is 9.90 Å². The number of amides is 1. The van der Waals surface area contributed by atoms with Gasteiger partial charge in [-0.1, -0.05) is 12.1 Å². The Bertz CT molecular complexity index is 552. The lowest BCUT2D eigenvalue weighted by molar-refractivity contribution is -0.127. The number of ether oxygens (including phenoxy) is 2. The third-order valence-corrected chi connectivity index (χ3v) is 4.83. The van der Waals surface area contributed by atoms with Gasteiger partial charge < -0.3 is 19.9 Å². The van der Waals surface area contributed by atoms with Crippen molar-refractivity contribution in [2.24, 2.45) is 0 Å². The van der Waals surface area contributed by atoms with Crippen molar-refractivity contribution < 1.29 is 19.4 Å². The predicted octanol–water partition coefficient (Wildman–Crippen LogP) is 1.67. The summed E-state index contributed by atoms with van der Waals surface area (Å²) in [6.07, 6.45) is 4.15. The zero-order valence-electron chi connectivity index (χ0n) is 14.7. The van der Waals surface area contributed by atoms with Crippen molar-refractivity contribution in [3.8, 4) is 5.75 Å². The summed E-state index contributed by atoms with van der Waals surface area (Å²) >= 11 is 0. The highest BCUT2D eigenvalue weighted by molar-refractivity contribution is 5.77. The summed E-state index contributed by atoms with van der Waals surface area (Å²) < 4.78 is 10.9. The van der Waals surface area contributed by atoms with E-state index in [0.717, 1.165) is 57.5 Å². The maximum Gasteiger partial charge on any atom is 0.246 e. The Balaban J connectivity index is 1.31. The average molecular weight is 348 g/mol. The molecule has 0 bridgehead atoms. The van der Waals surface area contributed by atoms with E-state index < -0.39 is 0 Å². The molecule has 25 heavy (non-hydrogen) atoms. The van der Waals surface area contributed by atoms with Crippen molar-refractivity contribution >= 4 is 5.91 Å². The number of carbonyl (C=O) groups excluding carboxylic acids is 1. The lowest BCUT2D eigenvalue weighted by atomic mass is 10.0. The Morgan fingerprint density at radius 2 is 2.16 bits per heavy atom. The normalized spacial score (nSPS) is 22.2. The molecule has 0 unspecified atom stereocenters. The summed E-state index contributed by atoms with van der Waals surface area (Å²) in [6, 6.07) is 7.61. The number of carbonyl (C=O) groups is 1. The molecule has 1 atom stereocenters. The van der Waals surface area contributed by atoms with Crippen LogP contribution in [0.1, 0.15) is 31.2 Å². The van der Waals surface area contributed by atoms with Gasteiger partial charge in [0.1, 0.15) is 12.4 Å². The standard InChI is InChI=1S/C19H28N2O4/c22-17-4-1-3-15(11-17)12-21-8-6-16(7-9-21)20-19(23)14-24-13-18-5-2-10-25-18/h1,3-4,11,16,18,22H,2,5-10,12-14H2,(H,20,23)/t18-/m0/s1. The zero-order chi connectivity index (χ0) is 17.5. The number of piperidine rings is 1. The lowest BCUT2D eigenvalue weighted by Gasteiger charge is -2.32. The molecule has 2 N–H and O–H groups in total. The monoisotopic (exact) mass is 348 g/mol. The summed E-state index contributed by atoms with van der Waals surface area (Å²) in [5.41, 5.74) is 1.12. The van der Waals surface area contributed by atoms with Gasteiger partial charge in [0.25, 0.3) is 0 Å². The minimum atomic E-state index is -0.0376. The van der Waals surface area contributed by atoms with Crippen molar-refractivity contribution in [2.45, 2.75) is 44.4 Å². The second kappa shape index (κ2) is 9.17. The number of phenols is 1. The number of likely N-dealkylation sites (tertiary alicyclic amines) is 1. The van der Waals surface area contributed by atoms with Gasteiger partial charge in [-0.05, 0) is 43.4 Å². The maximum atomic E-state index is 12.0. The minimum Gasteiger partial charge on any atom is -0.508 e. The van der Waals surface area contributed by atoms with E-state index in [1.54, 1.807) is 12.1 Å². The van der Waals surface area contributed by atoms with Crippen LogP contribution in [0.2, 0.25) is 0 Å². The van der Waals surface area contributed by atoms with Gasteiger partial charge in [0, 0.05) is 32.3 Å². The van der Waals surface area contributed by atoms with Crippen molar-refractivity contribution in [1.82, 2.24) is 10.2 Å². The molecule has 2 heterocycles. The molecule has 0 radical (unpaired) electrons. The van der Waals surface area contributed by atoms with E-state index in [2.05, 4.69) is 10.2 Å². The number of rotatable bonds is 7. The van der Waals surface area contributed by atoms with Crippen LogP contribution in [0.25, 0.3) is 0 Å². The SMILES string of the molecule is O=C(COC[C@@H]1CCCO1)NC1CCN(Cc2cccc(O)c2)CC1. The van der Waals surface area contributed by atoms with Gasteiger partial charge in [0.2, 0.25) is 5.91 Å². The number of hydrogen-bond donors (Lipinski definition) is 2. The quantitative estimate of drug-likeness (QED) is 0.784. The van der Waals surface area contributed by atoms with Crippen LogP contribution in [0.15, 0.2) is 24.3 Å². The second-order valence-corrected chi connectivity index (χ2v) is 6.94. The maximum absolute atomic E-state index is 12.0. The average Bonchev–Trinajstić information content (AvgIpc) is 3.10. The molecule has 0 saturated carbocycles. The van der Waals surface area contributed by atoms with Gasteiger partial charge in [0.15, 0.2) is 0 Å². The van der Waals surface area contributed by atoms with Crippen LogP contribution in [-0.4, -0.2) is 61.0 Å². The number of aromatic hydroxyl groups is 1. The molecule has 0 aromatic heterocycles. The number of phenolic OH excluding ortho intramolecular Hbond substituents is 1. The lowest BCUT2D eigenvalue weighted by Crippen LogP contribution is -2.45. The van der Waals surface area contributed by atoms with Gasteiger partial charge in [-0.15, -0.1) is 0 Å². The molecule has 2 aliphatic heterocycles. The largest absolute Gasteiger partial charge is 0.508 e. The smallest absolute Gasteiger partial charge is 0.246 e. The van der Waals surface area contributed by atoms with E-state index in [-0.39, 0.29) is 24.7 Å². The van der Waals surface area contributed by atoms with E-state index >= 15 is 0 Å². The molecular formula is C19H28N2O4. The Labute approximate surface area is 149 Å². The highest BCUT2D eigenvalue weighted by Gasteiger charge is 2.21. The van der Waals surface area contributed by atoms with Gasteiger partial charge in [0.05, 0.1) is 12.7 Å². The van der Waals surface area contributed by atoms with E-state index in [1.807, 2.05) is 12.1 Å². The summed E-state index contributed by atoms with van der Waals surface area (Å²) in [7, 11) is 0. The molecular weight excluding hydrogens is 320 g/mol. The molecule has 1 amide bonds. The molecule has 6 heteroatoms. The number of benzene rings is 1. The number of hydrogen-bond acceptors (Lipinski definition) is 5. The Hall–Kier alpha value is -1.63. The molecule has 0 spiro atoms. The van der Waals surface area contributed by atoms with E-state index in [0.29, 0.717) is 12.4 Å². The fourth-order valence-electron chi connectivity index (χ4n) is 3.48. The molecule has 2 aliphatic rings. The first-order chi connectivity index (χ1) is 12.2. The zero-order valence-corrected chi connectivity index (χ0v) is 14.7. The van der Waals surface area contributed by atoms with Crippen LogP contribution in [0.4, 0.5) is 0 Å². The molecule has 6 nitrogen and oxygen atoms in total. The van der Waals surface area contributed by atoms with Crippen molar-refractivity contribution in [3.63, 3.8) is 0 Å². The van der Waals surface area contributed by atoms with Crippen LogP contribution < -0.4 is 5.32 Å². The molecule has 138 valence electrons. The molecule has 0 aliphatic carbocycles. The van der Waals surface area contributed by atoms with Crippen LogP contribution in [-0.2, 0) is 20.8 Å². The summed E-state index contributed by atoms with van der Waals surface area (Å²) in [5.74, 6) is 0.270. The molecule has 1 aromatic carbocycles. The van der Waals surface area contributed by atoms with Gasteiger partial charge in [-0.3, -0.25) is 9.69 Å². The third-order valence-electron chi connectivity index (χ3n) is 4.83. The first-order valence-electron chi connectivity index (χ1n) is 9.18. The fourth-order valence-corrected chi connectivity index (χ4v) is 3.48. The Morgan fingerprint density at radius 1 is 1.32 bits per heavy atom. The van der Waals surface area contributed by atoms with Crippen LogP contribution in [0.5, 0.6) is 5.75 Å². The number of nitrogens with zero attached hydrogens (tertiary/aromatic N) is 1. The molecule has 1 aromatic rings. The summed E-state index contributed by atoms with van der Waals surface area (Å²) in [5, 5.41) is 12.6. The van der Waals surface area contributed by atoms with Crippen LogP contribution in [0, 0.1) is 0 Å². The van der Waals surface area contributed by atoms with E-state index in [1.165, 1.54) is 0 Å². The van der Waals surface area contributed by atoms with Crippen LogP contribution >= 0.6 is 0 Å². The highest BCUT2D eigenvalue weighted by atomic mass is 16.5. The van der Waals surface area contributed by atoms with Crippen molar-refractivity contribution in [3.05, 3.63) is 29.8 Å². The van der Waals surface area contributed by atoms with Gasteiger partial charge in [-0.2, -0.15) is 0 Å². The molecule has 3 rings (SSSR count). The van der Waals surface area contributed by atoms with E-state index in [4.69, 9.17) is 9.47 Å². The molecule has 2 saturated heterocycles. The Morgan fingerprint density at radius 3 is 2.88 bits per heavy atom. The predicted molar refractivity (Wildman–Crippen MR) is 94.3 cm³/mol. The first kappa shape index (κ1) is 18.2. The fraction of sp³-hybridized carbons (Fsp3) is 0.632. The highest BCUT2D eigenvalue weighted by Crippen LogP contribution is 2.17. The van der Waals surface area contributed by atoms with Gasteiger partial charge >= 0.3 is 0 Å². The van der Waals surface area contributed by atoms with Gasteiger partial charge in [-0.25, -0.2) is 0 Å². The third kappa shape index (κ3) is 5.99. The second-order valence-electron chi connectivity index (χ2n) is 6.94. The minimum absolute atomic E-state index is 0.0376.